The van der Waals surface area contributed by atoms with Gasteiger partial charge in [-0.05, 0) is 42.2 Å². The first kappa shape index (κ1) is 15.6. The van der Waals surface area contributed by atoms with E-state index in [9.17, 15) is 0 Å². The van der Waals surface area contributed by atoms with Crippen molar-refractivity contribution in [3.8, 4) is 5.82 Å². The topological polar surface area (TPSA) is 68.5 Å². The fraction of sp³-hybridized carbons (Fsp3) is 0.111. The maximum Gasteiger partial charge on any atom is 0.148 e. The van der Waals surface area contributed by atoms with E-state index in [-0.39, 0.29) is 0 Å². The molecule has 0 spiro atoms. The Morgan fingerprint density at radius 1 is 1.00 bits per heavy atom. The predicted octanol–water partition coefficient (Wildman–Crippen LogP) is 3.54. The molecule has 124 valence electrons. The number of para-hydroxylation sites is 2. The number of imidazole rings is 1. The normalized spacial score (nSPS) is 10.9. The maximum absolute atomic E-state index is 4.55. The van der Waals surface area contributed by atoms with Gasteiger partial charge in [0.2, 0.25) is 0 Å². The molecular weight excluding hydrogens is 332 g/mol. The van der Waals surface area contributed by atoms with Crippen LogP contribution in [0.15, 0.2) is 66.1 Å². The first-order valence-electron chi connectivity index (χ1n) is 7.82. The van der Waals surface area contributed by atoms with Crippen molar-refractivity contribution in [3.05, 3.63) is 66.6 Å². The second kappa shape index (κ2) is 6.90. The summed E-state index contributed by atoms with van der Waals surface area (Å²) in [4.78, 5) is 8.96. The van der Waals surface area contributed by atoms with Gasteiger partial charge in [-0.2, -0.15) is 0 Å². The van der Waals surface area contributed by atoms with Gasteiger partial charge in [-0.25, -0.2) is 9.97 Å². The van der Waals surface area contributed by atoms with Gasteiger partial charge < -0.3 is 5.32 Å². The summed E-state index contributed by atoms with van der Waals surface area (Å²) in [7, 11) is 0. The zero-order valence-corrected chi connectivity index (χ0v) is 14.4. The minimum absolute atomic E-state index is 0.644. The van der Waals surface area contributed by atoms with E-state index in [1.54, 1.807) is 18.1 Å². The Labute approximate surface area is 149 Å². The van der Waals surface area contributed by atoms with Crippen molar-refractivity contribution in [2.75, 3.05) is 11.6 Å². The quantitative estimate of drug-likeness (QED) is 0.556. The smallest absolute Gasteiger partial charge is 0.148 e. The third-order valence-corrected chi connectivity index (χ3v) is 4.47. The number of pyridine rings is 1. The molecular formula is C18H16N6S. The third kappa shape index (κ3) is 3.32. The summed E-state index contributed by atoms with van der Waals surface area (Å²) >= 11 is 1.57. The molecule has 0 atom stereocenters. The van der Waals surface area contributed by atoms with Gasteiger partial charge in [-0.15, -0.1) is 22.0 Å². The summed E-state index contributed by atoms with van der Waals surface area (Å²) in [5.74, 6) is 1.60. The molecule has 0 radical (unpaired) electrons. The summed E-state index contributed by atoms with van der Waals surface area (Å²) in [6.07, 6.45) is 5.64. The van der Waals surface area contributed by atoms with E-state index in [1.807, 2.05) is 65.6 Å². The van der Waals surface area contributed by atoms with Gasteiger partial charge in [0.25, 0.3) is 0 Å². The van der Waals surface area contributed by atoms with Crippen molar-refractivity contribution in [2.24, 2.45) is 0 Å². The maximum atomic E-state index is 4.55. The molecule has 0 amide bonds. The minimum Gasteiger partial charge on any atom is -0.364 e. The standard InChI is InChI=1S/C18H16N6S/c1-25-18-9-7-16(22-23-18)19-10-13-6-8-17(20-11-13)24-12-21-14-4-2-3-5-15(14)24/h2-9,11-12H,10H2,1H3,(H,19,22). The Bertz CT molecular complexity index is 979. The average Bonchev–Trinajstić information content (AvgIpc) is 3.11. The molecule has 0 aliphatic rings. The van der Waals surface area contributed by atoms with Gasteiger partial charge in [0.05, 0.1) is 11.0 Å². The molecule has 25 heavy (non-hydrogen) atoms. The molecule has 3 heterocycles. The number of thioether (sulfide) groups is 1. The number of fused-ring (bicyclic) bond motifs is 1. The number of nitrogens with zero attached hydrogens (tertiary/aromatic N) is 5. The second-order valence-electron chi connectivity index (χ2n) is 5.44. The summed E-state index contributed by atoms with van der Waals surface area (Å²) < 4.78 is 1.99. The molecule has 0 aliphatic heterocycles. The lowest BCUT2D eigenvalue weighted by Crippen LogP contribution is -2.04. The van der Waals surface area contributed by atoms with E-state index in [1.165, 1.54) is 0 Å². The van der Waals surface area contributed by atoms with Crippen LogP contribution in [0.3, 0.4) is 0 Å². The Morgan fingerprint density at radius 3 is 2.68 bits per heavy atom. The summed E-state index contributed by atoms with van der Waals surface area (Å²) in [6.45, 7) is 0.644. The summed E-state index contributed by atoms with van der Waals surface area (Å²) in [5, 5.41) is 12.4. The van der Waals surface area contributed by atoms with E-state index in [0.29, 0.717) is 6.54 Å². The highest BCUT2D eigenvalue weighted by atomic mass is 32.2. The van der Waals surface area contributed by atoms with Gasteiger partial charge in [0.15, 0.2) is 0 Å². The fourth-order valence-corrected chi connectivity index (χ4v) is 2.85. The third-order valence-electron chi connectivity index (χ3n) is 3.83. The molecule has 4 rings (SSSR count). The average molecular weight is 348 g/mol. The number of hydrogen-bond donors (Lipinski definition) is 1. The van der Waals surface area contributed by atoms with E-state index < -0.39 is 0 Å². The molecule has 0 unspecified atom stereocenters. The van der Waals surface area contributed by atoms with Crippen molar-refractivity contribution in [1.82, 2.24) is 24.7 Å². The molecule has 7 heteroatoms. The van der Waals surface area contributed by atoms with Crippen molar-refractivity contribution in [2.45, 2.75) is 11.6 Å². The SMILES string of the molecule is CSc1ccc(NCc2ccc(-n3cnc4ccccc43)nc2)nn1. The van der Waals surface area contributed by atoms with E-state index >= 15 is 0 Å². The van der Waals surface area contributed by atoms with Crippen molar-refractivity contribution < 1.29 is 0 Å². The van der Waals surface area contributed by atoms with Crippen LogP contribution in [-0.2, 0) is 6.54 Å². The Hall–Kier alpha value is -2.93. The van der Waals surface area contributed by atoms with Crippen LogP contribution in [0.1, 0.15) is 5.56 Å². The zero-order chi connectivity index (χ0) is 17.1. The van der Waals surface area contributed by atoms with Crippen LogP contribution >= 0.6 is 11.8 Å². The Kier molecular flexibility index (Phi) is 4.30. The molecule has 0 saturated heterocycles. The van der Waals surface area contributed by atoms with E-state index in [0.717, 1.165) is 33.3 Å². The lowest BCUT2D eigenvalue weighted by molar-refractivity contribution is 0.919. The molecule has 1 aromatic carbocycles. The van der Waals surface area contributed by atoms with E-state index in [2.05, 4.69) is 25.5 Å². The van der Waals surface area contributed by atoms with E-state index in [4.69, 9.17) is 0 Å². The largest absolute Gasteiger partial charge is 0.364 e. The van der Waals surface area contributed by atoms with Crippen LogP contribution in [0, 0.1) is 0 Å². The van der Waals surface area contributed by atoms with Crippen molar-refractivity contribution >= 4 is 28.6 Å². The molecule has 6 nitrogen and oxygen atoms in total. The first-order valence-corrected chi connectivity index (χ1v) is 9.05. The fourth-order valence-electron chi connectivity index (χ4n) is 2.52. The lowest BCUT2D eigenvalue weighted by atomic mass is 10.2. The number of rotatable bonds is 5. The predicted molar refractivity (Wildman–Crippen MR) is 100 cm³/mol. The number of nitrogens with one attached hydrogen (secondary N) is 1. The summed E-state index contributed by atoms with van der Waals surface area (Å²) in [5.41, 5.74) is 3.08. The van der Waals surface area contributed by atoms with Gasteiger partial charge in [0, 0.05) is 12.7 Å². The second-order valence-corrected chi connectivity index (χ2v) is 6.27. The van der Waals surface area contributed by atoms with Crippen LogP contribution in [-0.4, -0.2) is 31.0 Å². The van der Waals surface area contributed by atoms with Crippen LogP contribution in [0.4, 0.5) is 5.82 Å². The van der Waals surface area contributed by atoms with Crippen LogP contribution in [0.2, 0.25) is 0 Å². The molecule has 3 aromatic heterocycles. The minimum atomic E-state index is 0.644. The molecule has 1 N–H and O–H groups in total. The molecule has 0 fully saturated rings. The lowest BCUT2D eigenvalue weighted by Gasteiger charge is -2.07. The Balaban J connectivity index is 1.48. The van der Waals surface area contributed by atoms with Crippen LogP contribution in [0.25, 0.3) is 16.9 Å². The number of anilines is 1. The highest BCUT2D eigenvalue weighted by Crippen LogP contribution is 2.17. The highest BCUT2D eigenvalue weighted by molar-refractivity contribution is 7.98. The van der Waals surface area contributed by atoms with Gasteiger partial charge in [0.1, 0.15) is 23.0 Å². The number of hydrogen-bond acceptors (Lipinski definition) is 6. The molecule has 0 aliphatic carbocycles. The monoisotopic (exact) mass is 348 g/mol. The van der Waals surface area contributed by atoms with Gasteiger partial charge in [-0.3, -0.25) is 4.57 Å². The number of aromatic nitrogens is 5. The highest BCUT2D eigenvalue weighted by Gasteiger charge is 2.05. The van der Waals surface area contributed by atoms with Crippen LogP contribution < -0.4 is 5.32 Å². The zero-order valence-electron chi connectivity index (χ0n) is 13.6. The van der Waals surface area contributed by atoms with Crippen molar-refractivity contribution in [3.63, 3.8) is 0 Å². The van der Waals surface area contributed by atoms with Crippen molar-refractivity contribution in [1.29, 1.82) is 0 Å². The number of benzene rings is 1. The molecule has 0 saturated carbocycles. The molecule has 0 bridgehead atoms. The molecule has 4 aromatic rings. The first-order chi connectivity index (χ1) is 12.3. The summed E-state index contributed by atoms with van der Waals surface area (Å²) in [6, 6.07) is 15.9. The van der Waals surface area contributed by atoms with Crippen LogP contribution in [0.5, 0.6) is 0 Å². The van der Waals surface area contributed by atoms with Gasteiger partial charge >= 0.3 is 0 Å². The van der Waals surface area contributed by atoms with Gasteiger partial charge in [-0.1, -0.05) is 18.2 Å². The Morgan fingerprint density at radius 2 is 1.92 bits per heavy atom.